The molecule has 22 heavy (non-hydrogen) atoms. The highest BCUT2D eigenvalue weighted by Gasteiger charge is 2.28. The Balaban J connectivity index is 2.00. The molecule has 0 radical (unpaired) electrons. The number of halogens is 2. The third-order valence-electron chi connectivity index (χ3n) is 3.83. The fraction of sp³-hybridized carbons (Fsp3) is 0.467. The zero-order valence-electron chi connectivity index (χ0n) is 12.2. The lowest BCUT2D eigenvalue weighted by atomic mass is 9.98. The summed E-state index contributed by atoms with van der Waals surface area (Å²) >= 11 is 12.0. The molecule has 0 aromatic heterocycles. The molecular weight excluding hydrogens is 327 g/mol. The molecule has 0 saturated carbocycles. The van der Waals surface area contributed by atoms with Gasteiger partial charge in [-0.2, -0.15) is 0 Å². The number of aliphatic carboxylic acids is 1. The summed E-state index contributed by atoms with van der Waals surface area (Å²) in [6, 6.07) is 4.55. The smallest absolute Gasteiger partial charge is 0.317 e. The van der Waals surface area contributed by atoms with Gasteiger partial charge in [0.15, 0.2) is 0 Å². The fourth-order valence-corrected chi connectivity index (χ4v) is 3.14. The van der Waals surface area contributed by atoms with E-state index in [0.717, 1.165) is 5.56 Å². The van der Waals surface area contributed by atoms with Crippen molar-refractivity contribution in [3.63, 3.8) is 0 Å². The predicted molar refractivity (Wildman–Crippen MR) is 85.3 cm³/mol. The summed E-state index contributed by atoms with van der Waals surface area (Å²) in [4.78, 5) is 24.9. The number of likely N-dealkylation sites (tertiary alicyclic amines) is 1. The average Bonchev–Trinajstić information content (AvgIpc) is 2.47. The average molecular weight is 345 g/mol. The number of urea groups is 1. The van der Waals surface area contributed by atoms with Gasteiger partial charge in [-0.25, -0.2) is 4.79 Å². The van der Waals surface area contributed by atoms with E-state index in [1.165, 1.54) is 0 Å². The summed E-state index contributed by atoms with van der Waals surface area (Å²) in [6.07, 6.45) is 1.30. The molecule has 120 valence electrons. The van der Waals surface area contributed by atoms with Gasteiger partial charge in [0.2, 0.25) is 0 Å². The molecule has 1 fully saturated rings. The van der Waals surface area contributed by atoms with Gasteiger partial charge >= 0.3 is 12.0 Å². The molecule has 1 aliphatic rings. The lowest BCUT2D eigenvalue weighted by molar-refractivity contribution is -0.143. The van der Waals surface area contributed by atoms with Gasteiger partial charge in [0.1, 0.15) is 0 Å². The Morgan fingerprint density at radius 1 is 1.41 bits per heavy atom. The minimum atomic E-state index is -0.855. The van der Waals surface area contributed by atoms with Gasteiger partial charge in [-0.3, -0.25) is 4.79 Å². The summed E-state index contributed by atoms with van der Waals surface area (Å²) < 4.78 is 0. The summed E-state index contributed by atoms with van der Waals surface area (Å²) in [6.45, 7) is 2.63. The Morgan fingerprint density at radius 3 is 2.77 bits per heavy atom. The van der Waals surface area contributed by atoms with Crippen LogP contribution in [0.3, 0.4) is 0 Å². The second-order valence-corrected chi connectivity index (χ2v) is 6.30. The van der Waals surface area contributed by atoms with Crippen LogP contribution in [0.15, 0.2) is 18.2 Å². The zero-order valence-corrected chi connectivity index (χ0v) is 13.7. The van der Waals surface area contributed by atoms with E-state index in [1.54, 1.807) is 23.1 Å². The number of nitrogens with zero attached hydrogens (tertiary/aromatic N) is 1. The Morgan fingerprint density at radius 2 is 2.14 bits per heavy atom. The van der Waals surface area contributed by atoms with E-state index in [1.807, 2.05) is 6.92 Å². The van der Waals surface area contributed by atoms with E-state index in [2.05, 4.69) is 5.32 Å². The maximum atomic E-state index is 12.3. The highest BCUT2D eigenvalue weighted by Crippen LogP contribution is 2.26. The van der Waals surface area contributed by atoms with Crippen molar-refractivity contribution in [1.29, 1.82) is 0 Å². The van der Waals surface area contributed by atoms with Crippen LogP contribution < -0.4 is 5.32 Å². The standard InChI is InChI=1S/C15H18Cl2N2O3/c1-9(12-5-4-11(16)7-13(12)17)18-15(22)19-6-2-3-10(8-19)14(20)21/h4-5,7,9-10H,2-3,6,8H2,1H3,(H,18,22)(H,20,21)/t9-,10?/m1/s1. The number of carbonyl (C=O) groups excluding carboxylic acids is 1. The molecule has 5 nitrogen and oxygen atoms in total. The number of piperidine rings is 1. The van der Waals surface area contributed by atoms with Gasteiger partial charge in [0.25, 0.3) is 0 Å². The van der Waals surface area contributed by atoms with Crippen LogP contribution in [0.2, 0.25) is 10.0 Å². The monoisotopic (exact) mass is 344 g/mol. The molecule has 2 rings (SSSR count). The molecule has 1 saturated heterocycles. The molecule has 1 aromatic carbocycles. The highest BCUT2D eigenvalue weighted by molar-refractivity contribution is 6.35. The third-order valence-corrected chi connectivity index (χ3v) is 4.39. The topological polar surface area (TPSA) is 69.6 Å². The first-order valence-corrected chi connectivity index (χ1v) is 7.87. The van der Waals surface area contributed by atoms with Crippen LogP contribution in [-0.2, 0) is 4.79 Å². The first-order chi connectivity index (χ1) is 10.4. The third kappa shape index (κ3) is 4.05. The van der Waals surface area contributed by atoms with Crippen molar-refractivity contribution in [3.05, 3.63) is 33.8 Å². The van der Waals surface area contributed by atoms with Crippen LogP contribution in [0.5, 0.6) is 0 Å². The number of carbonyl (C=O) groups is 2. The van der Waals surface area contributed by atoms with Crippen LogP contribution >= 0.6 is 23.2 Å². The summed E-state index contributed by atoms with van der Waals surface area (Å²) in [5.41, 5.74) is 0.770. The Bertz CT molecular complexity index is 580. The van der Waals surface area contributed by atoms with Gasteiger partial charge in [0, 0.05) is 23.1 Å². The number of nitrogens with one attached hydrogen (secondary N) is 1. The number of hydrogen-bond acceptors (Lipinski definition) is 2. The van der Waals surface area contributed by atoms with Crippen LogP contribution in [0, 0.1) is 5.92 Å². The minimum Gasteiger partial charge on any atom is -0.481 e. The van der Waals surface area contributed by atoms with Crippen molar-refractivity contribution < 1.29 is 14.7 Å². The number of carboxylic acids is 1. The molecule has 0 aliphatic carbocycles. The molecule has 1 aliphatic heterocycles. The quantitative estimate of drug-likeness (QED) is 0.880. The van der Waals surface area contributed by atoms with Crippen LogP contribution in [0.4, 0.5) is 4.79 Å². The number of rotatable bonds is 3. The Hall–Kier alpha value is -1.46. The minimum absolute atomic E-state index is 0.238. The van der Waals surface area contributed by atoms with Crippen molar-refractivity contribution in [2.75, 3.05) is 13.1 Å². The van der Waals surface area contributed by atoms with E-state index in [-0.39, 0.29) is 18.6 Å². The second-order valence-electron chi connectivity index (χ2n) is 5.46. The van der Waals surface area contributed by atoms with Gasteiger partial charge in [-0.15, -0.1) is 0 Å². The lowest BCUT2D eigenvalue weighted by Crippen LogP contribution is -2.47. The number of hydrogen-bond donors (Lipinski definition) is 2. The maximum absolute atomic E-state index is 12.3. The van der Waals surface area contributed by atoms with Crippen molar-refractivity contribution in [2.24, 2.45) is 5.92 Å². The largest absolute Gasteiger partial charge is 0.481 e. The Kier molecular flexibility index (Phi) is 5.53. The van der Waals surface area contributed by atoms with Gasteiger partial charge in [0.05, 0.1) is 12.0 Å². The molecule has 1 unspecified atom stereocenters. The molecule has 0 spiro atoms. The molecule has 1 heterocycles. The molecule has 0 bridgehead atoms. The number of carboxylic acid groups (broad SMARTS) is 1. The molecule has 1 aromatic rings. The van der Waals surface area contributed by atoms with E-state index in [4.69, 9.17) is 28.3 Å². The van der Waals surface area contributed by atoms with Crippen molar-refractivity contribution in [1.82, 2.24) is 10.2 Å². The van der Waals surface area contributed by atoms with Crippen LogP contribution in [-0.4, -0.2) is 35.1 Å². The van der Waals surface area contributed by atoms with E-state index in [0.29, 0.717) is 29.4 Å². The fourth-order valence-electron chi connectivity index (χ4n) is 2.57. The number of benzene rings is 1. The van der Waals surface area contributed by atoms with Crippen LogP contribution in [0.1, 0.15) is 31.4 Å². The maximum Gasteiger partial charge on any atom is 0.317 e. The first-order valence-electron chi connectivity index (χ1n) is 7.11. The van der Waals surface area contributed by atoms with Gasteiger partial charge in [-0.05, 0) is 37.5 Å². The van der Waals surface area contributed by atoms with E-state index in [9.17, 15) is 9.59 Å². The Labute approximate surface area is 139 Å². The molecule has 2 amide bonds. The first kappa shape index (κ1) is 16.9. The highest BCUT2D eigenvalue weighted by atomic mass is 35.5. The predicted octanol–water partition coefficient (Wildman–Crippen LogP) is 3.56. The summed E-state index contributed by atoms with van der Waals surface area (Å²) in [5, 5.41) is 12.9. The second kappa shape index (κ2) is 7.20. The molecule has 2 atom stereocenters. The number of amides is 2. The van der Waals surface area contributed by atoms with E-state index >= 15 is 0 Å². The van der Waals surface area contributed by atoms with Crippen molar-refractivity contribution in [2.45, 2.75) is 25.8 Å². The molecule has 7 heteroatoms. The lowest BCUT2D eigenvalue weighted by Gasteiger charge is -2.32. The SMILES string of the molecule is C[C@@H](NC(=O)N1CCCC(C(=O)O)C1)c1ccc(Cl)cc1Cl. The molecular formula is C15H18Cl2N2O3. The van der Waals surface area contributed by atoms with Crippen molar-refractivity contribution in [3.8, 4) is 0 Å². The van der Waals surface area contributed by atoms with Gasteiger partial charge < -0.3 is 15.3 Å². The van der Waals surface area contributed by atoms with Crippen molar-refractivity contribution >= 4 is 35.2 Å². The zero-order chi connectivity index (χ0) is 16.3. The van der Waals surface area contributed by atoms with Crippen LogP contribution in [0.25, 0.3) is 0 Å². The van der Waals surface area contributed by atoms with Gasteiger partial charge in [-0.1, -0.05) is 29.3 Å². The summed E-state index contributed by atoms with van der Waals surface area (Å²) in [7, 11) is 0. The normalized spacial score (nSPS) is 19.6. The van der Waals surface area contributed by atoms with E-state index < -0.39 is 11.9 Å². The molecule has 2 N–H and O–H groups in total. The summed E-state index contributed by atoms with van der Waals surface area (Å²) in [5.74, 6) is -1.35.